The quantitative estimate of drug-likeness (QED) is 0.778. The van der Waals surface area contributed by atoms with Gasteiger partial charge in [-0.05, 0) is 64.3 Å². The second kappa shape index (κ2) is 6.20. The highest BCUT2D eigenvalue weighted by Gasteiger charge is 2.25. The Kier molecular flexibility index (Phi) is 4.24. The maximum Gasteiger partial charge on any atom is 0.338 e. The van der Waals surface area contributed by atoms with Gasteiger partial charge in [0.05, 0.1) is 15.6 Å². The third-order valence-electron chi connectivity index (χ3n) is 3.66. The van der Waals surface area contributed by atoms with E-state index in [2.05, 4.69) is 15.9 Å². The minimum absolute atomic E-state index is 0.0628. The maximum absolute atomic E-state index is 13.5. The van der Waals surface area contributed by atoms with Crippen LogP contribution in [-0.2, 0) is 0 Å². The Morgan fingerprint density at radius 2 is 2.08 bits per heavy atom. The van der Waals surface area contributed by atoms with E-state index in [9.17, 15) is 14.0 Å². The SMILES string of the molecule is Cc1cc(Br)c2c(c1)C(=O)/C(=C/c1ccc(F)c(C(=O)O)c1)CO2. The number of carboxylic acid groups (broad SMARTS) is 1. The normalized spacial score (nSPS) is 15.1. The van der Waals surface area contributed by atoms with Crippen LogP contribution in [0, 0.1) is 12.7 Å². The second-order valence-electron chi connectivity index (χ2n) is 5.46. The molecule has 0 saturated heterocycles. The molecule has 0 atom stereocenters. The molecule has 1 aliphatic heterocycles. The number of halogens is 2. The largest absolute Gasteiger partial charge is 0.487 e. The van der Waals surface area contributed by atoms with Crippen molar-refractivity contribution in [1.29, 1.82) is 0 Å². The first-order valence-corrected chi connectivity index (χ1v) is 7.87. The van der Waals surface area contributed by atoms with E-state index in [0.29, 0.717) is 26.9 Å². The molecular weight excluding hydrogens is 379 g/mol. The van der Waals surface area contributed by atoms with Gasteiger partial charge in [0.2, 0.25) is 0 Å². The van der Waals surface area contributed by atoms with Gasteiger partial charge in [-0.2, -0.15) is 0 Å². The lowest BCUT2D eigenvalue weighted by Gasteiger charge is -2.20. The number of ether oxygens (including phenoxy) is 1. The predicted octanol–water partition coefficient (Wildman–Crippen LogP) is 4.25. The number of hydrogen-bond donors (Lipinski definition) is 1. The van der Waals surface area contributed by atoms with Crippen LogP contribution in [0.4, 0.5) is 4.39 Å². The van der Waals surface area contributed by atoms with Crippen molar-refractivity contribution < 1.29 is 23.8 Å². The summed E-state index contributed by atoms with van der Waals surface area (Å²) in [5.74, 6) is -1.88. The first kappa shape index (κ1) is 16.4. The fourth-order valence-electron chi connectivity index (χ4n) is 2.54. The van der Waals surface area contributed by atoms with Gasteiger partial charge in [-0.1, -0.05) is 6.07 Å². The number of Topliss-reactive ketones (excluding diaryl/α,β-unsaturated/α-hetero) is 1. The Hall–Kier alpha value is -2.47. The Labute approximate surface area is 145 Å². The fraction of sp³-hybridized carbons (Fsp3) is 0.111. The number of fused-ring (bicyclic) bond motifs is 1. The summed E-state index contributed by atoms with van der Waals surface area (Å²) < 4.78 is 19.8. The lowest BCUT2D eigenvalue weighted by molar-refractivity contribution is 0.0691. The van der Waals surface area contributed by atoms with Crippen molar-refractivity contribution in [2.24, 2.45) is 0 Å². The predicted molar refractivity (Wildman–Crippen MR) is 90.0 cm³/mol. The van der Waals surface area contributed by atoms with Crippen LogP contribution in [-0.4, -0.2) is 23.5 Å². The Balaban J connectivity index is 2.02. The Bertz CT molecular complexity index is 902. The Morgan fingerprint density at radius 1 is 1.33 bits per heavy atom. The summed E-state index contributed by atoms with van der Waals surface area (Å²) in [6.45, 7) is 1.93. The topological polar surface area (TPSA) is 63.6 Å². The number of aryl methyl sites for hydroxylation is 1. The summed E-state index contributed by atoms with van der Waals surface area (Å²) in [6, 6.07) is 7.28. The second-order valence-corrected chi connectivity index (χ2v) is 6.31. The van der Waals surface area contributed by atoms with Gasteiger partial charge in [0.1, 0.15) is 18.2 Å². The molecule has 1 heterocycles. The van der Waals surface area contributed by atoms with E-state index in [1.54, 1.807) is 6.07 Å². The van der Waals surface area contributed by atoms with Crippen molar-refractivity contribution in [1.82, 2.24) is 0 Å². The number of carbonyl (C=O) groups excluding carboxylic acids is 1. The van der Waals surface area contributed by atoms with Gasteiger partial charge in [0, 0.05) is 5.57 Å². The highest BCUT2D eigenvalue weighted by atomic mass is 79.9. The van der Waals surface area contributed by atoms with Crippen LogP contribution in [0.15, 0.2) is 40.4 Å². The minimum atomic E-state index is -1.36. The molecule has 3 rings (SSSR count). The minimum Gasteiger partial charge on any atom is -0.487 e. The number of carbonyl (C=O) groups is 2. The zero-order chi connectivity index (χ0) is 17.4. The molecule has 6 heteroatoms. The molecular formula is C18H12BrFO4. The van der Waals surface area contributed by atoms with Gasteiger partial charge in [0.25, 0.3) is 0 Å². The van der Waals surface area contributed by atoms with Gasteiger partial charge in [-0.25, -0.2) is 9.18 Å². The van der Waals surface area contributed by atoms with E-state index in [-0.39, 0.29) is 12.4 Å². The zero-order valence-corrected chi connectivity index (χ0v) is 14.2. The third kappa shape index (κ3) is 2.97. The molecule has 0 saturated carbocycles. The van der Waals surface area contributed by atoms with E-state index in [4.69, 9.17) is 9.84 Å². The zero-order valence-electron chi connectivity index (χ0n) is 12.6. The van der Waals surface area contributed by atoms with Gasteiger partial charge < -0.3 is 9.84 Å². The van der Waals surface area contributed by atoms with Crippen LogP contribution >= 0.6 is 15.9 Å². The van der Waals surface area contributed by atoms with Crippen LogP contribution in [0.3, 0.4) is 0 Å². The molecule has 0 fully saturated rings. The maximum atomic E-state index is 13.5. The molecule has 122 valence electrons. The smallest absolute Gasteiger partial charge is 0.338 e. The first-order valence-electron chi connectivity index (χ1n) is 7.08. The van der Waals surface area contributed by atoms with Crippen molar-refractivity contribution >= 4 is 33.8 Å². The Morgan fingerprint density at radius 3 is 2.79 bits per heavy atom. The van der Waals surface area contributed by atoms with Crippen molar-refractivity contribution in [3.05, 3.63) is 68.4 Å². The number of carboxylic acids is 1. The van der Waals surface area contributed by atoms with Gasteiger partial charge in [0.15, 0.2) is 5.78 Å². The summed E-state index contributed by atoms with van der Waals surface area (Å²) in [5.41, 5.74) is 1.72. The molecule has 2 aromatic carbocycles. The van der Waals surface area contributed by atoms with Crippen molar-refractivity contribution in [3.63, 3.8) is 0 Å². The number of hydrogen-bond acceptors (Lipinski definition) is 3. The van der Waals surface area contributed by atoms with Crippen LogP contribution < -0.4 is 4.74 Å². The summed E-state index contributed by atoms with van der Waals surface area (Å²) in [5, 5.41) is 8.98. The summed E-state index contributed by atoms with van der Waals surface area (Å²) in [4.78, 5) is 23.7. The molecule has 24 heavy (non-hydrogen) atoms. The van der Waals surface area contributed by atoms with Gasteiger partial charge >= 0.3 is 5.97 Å². The third-order valence-corrected chi connectivity index (χ3v) is 4.25. The van der Waals surface area contributed by atoms with E-state index < -0.39 is 17.3 Å². The van der Waals surface area contributed by atoms with Crippen LogP contribution in [0.2, 0.25) is 0 Å². The van der Waals surface area contributed by atoms with Crippen molar-refractivity contribution in [2.75, 3.05) is 6.61 Å². The molecule has 2 aromatic rings. The average molecular weight is 391 g/mol. The first-order chi connectivity index (χ1) is 11.4. The highest BCUT2D eigenvalue weighted by molar-refractivity contribution is 9.10. The molecule has 0 amide bonds. The molecule has 0 unspecified atom stereocenters. The van der Waals surface area contributed by atoms with Crippen LogP contribution in [0.1, 0.15) is 31.8 Å². The molecule has 0 radical (unpaired) electrons. The van der Waals surface area contributed by atoms with E-state index >= 15 is 0 Å². The highest BCUT2D eigenvalue weighted by Crippen LogP contribution is 2.36. The average Bonchev–Trinajstić information content (AvgIpc) is 2.52. The molecule has 4 nitrogen and oxygen atoms in total. The molecule has 0 aromatic heterocycles. The van der Waals surface area contributed by atoms with E-state index in [1.165, 1.54) is 18.2 Å². The lowest BCUT2D eigenvalue weighted by atomic mass is 9.96. The molecule has 1 aliphatic rings. The molecule has 1 N–H and O–H groups in total. The molecule has 0 aliphatic carbocycles. The number of ketones is 1. The molecule has 0 bridgehead atoms. The van der Waals surface area contributed by atoms with Gasteiger partial charge in [-0.3, -0.25) is 4.79 Å². The van der Waals surface area contributed by atoms with Gasteiger partial charge in [-0.15, -0.1) is 0 Å². The molecule has 0 spiro atoms. The van der Waals surface area contributed by atoms with Crippen LogP contribution in [0.5, 0.6) is 5.75 Å². The number of benzene rings is 2. The summed E-state index contributed by atoms with van der Waals surface area (Å²) >= 11 is 3.38. The van der Waals surface area contributed by atoms with E-state index in [0.717, 1.165) is 11.6 Å². The van der Waals surface area contributed by atoms with Crippen molar-refractivity contribution in [2.45, 2.75) is 6.92 Å². The van der Waals surface area contributed by atoms with Crippen molar-refractivity contribution in [3.8, 4) is 5.75 Å². The van der Waals surface area contributed by atoms with Crippen LogP contribution in [0.25, 0.3) is 6.08 Å². The van der Waals surface area contributed by atoms with E-state index in [1.807, 2.05) is 13.0 Å². The lowest BCUT2D eigenvalue weighted by Crippen LogP contribution is -2.19. The summed E-state index contributed by atoms with van der Waals surface area (Å²) in [7, 11) is 0. The summed E-state index contributed by atoms with van der Waals surface area (Å²) in [6.07, 6.45) is 1.52. The standard InChI is InChI=1S/C18H12BrFO4/c1-9-4-13-16(21)11(8-24-17(13)14(19)5-9)6-10-2-3-15(20)12(7-10)18(22)23/h2-7H,8H2,1H3,(H,22,23)/b11-6+. The number of aromatic carboxylic acids is 1. The monoisotopic (exact) mass is 390 g/mol. The fourth-order valence-corrected chi connectivity index (χ4v) is 3.23. The number of rotatable bonds is 2.